The zero-order valence-corrected chi connectivity index (χ0v) is 16.4. The molecule has 8 nitrogen and oxygen atoms in total. The molecule has 1 aliphatic rings. The molecule has 2 aromatic heterocycles. The van der Waals surface area contributed by atoms with E-state index < -0.39 is 18.1 Å². The highest BCUT2D eigenvalue weighted by atomic mass is 16.5. The smallest absolute Gasteiger partial charge is 0.293 e. The molecule has 1 fully saturated rings. The maximum Gasteiger partial charge on any atom is 0.293 e. The van der Waals surface area contributed by atoms with E-state index in [0.717, 1.165) is 5.56 Å². The minimum atomic E-state index is -0.940. The third-order valence-corrected chi connectivity index (χ3v) is 5.20. The van der Waals surface area contributed by atoms with Crippen LogP contribution in [-0.4, -0.2) is 67.5 Å². The first-order valence-corrected chi connectivity index (χ1v) is 9.62. The lowest BCUT2D eigenvalue weighted by Gasteiger charge is -2.14. The van der Waals surface area contributed by atoms with E-state index in [1.54, 1.807) is 6.20 Å². The Morgan fingerprint density at radius 3 is 2.62 bits per heavy atom. The van der Waals surface area contributed by atoms with Crippen LogP contribution in [0.1, 0.15) is 34.6 Å². The number of carbonyl (C=O) groups is 1. The predicted octanol–water partition coefficient (Wildman–Crippen LogP) is 1.40. The van der Waals surface area contributed by atoms with Crippen LogP contribution >= 0.6 is 0 Å². The van der Waals surface area contributed by atoms with Gasteiger partial charge in [-0.05, 0) is 24.1 Å². The highest BCUT2D eigenvalue weighted by molar-refractivity contribution is 5.91. The minimum Gasteiger partial charge on any atom is -0.491 e. The number of aliphatic hydroxyl groups is 2. The summed E-state index contributed by atoms with van der Waals surface area (Å²) in [6.45, 7) is 4.64. The third kappa shape index (κ3) is 3.94. The van der Waals surface area contributed by atoms with Crippen LogP contribution in [0.25, 0.3) is 5.65 Å². The summed E-state index contributed by atoms with van der Waals surface area (Å²) < 4.78 is 7.49. The Labute approximate surface area is 168 Å². The largest absolute Gasteiger partial charge is 0.491 e. The van der Waals surface area contributed by atoms with Crippen molar-refractivity contribution < 1.29 is 19.7 Å². The molecule has 1 saturated heterocycles. The quantitative estimate of drug-likeness (QED) is 0.676. The van der Waals surface area contributed by atoms with Crippen molar-refractivity contribution in [3.63, 3.8) is 0 Å². The monoisotopic (exact) mass is 396 g/mol. The number of hydrogen-bond donors (Lipinski definition) is 2. The number of likely N-dealkylation sites (tertiary alicyclic amines) is 1. The number of aromatic nitrogens is 3. The number of fused-ring (bicyclic) bond motifs is 1. The molecular weight excluding hydrogens is 372 g/mol. The minimum absolute atomic E-state index is 0.0317. The zero-order valence-electron chi connectivity index (χ0n) is 16.4. The molecule has 3 aromatic rings. The van der Waals surface area contributed by atoms with E-state index in [1.807, 2.05) is 31.2 Å². The van der Waals surface area contributed by atoms with Crippen LogP contribution in [0.3, 0.4) is 0 Å². The number of hydrogen-bond acceptors (Lipinski definition) is 6. The van der Waals surface area contributed by atoms with Gasteiger partial charge < -0.3 is 19.8 Å². The second-order valence-electron chi connectivity index (χ2n) is 7.53. The maximum atomic E-state index is 12.6. The lowest BCUT2D eigenvalue weighted by molar-refractivity contribution is 0.0572. The Morgan fingerprint density at radius 1 is 1.24 bits per heavy atom. The first-order chi connectivity index (χ1) is 13.9. The van der Waals surface area contributed by atoms with Gasteiger partial charge in [-0.3, -0.25) is 4.79 Å². The van der Waals surface area contributed by atoms with E-state index in [9.17, 15) is 15.0 Å². The van der Waals surface area contributed by atoms with Gasteiger partial charge in [-0.2, -0.15) is 0 Å². The van der Waals surface area contributed by atoms with Gasteiger partial charge in [0.15, 0.2) is 5.65 Å². The van der Waals surface area contributed by atoms with Gasteiger partial charge in [0.1, 0.15) is 5.75 Å². The van der Waals surface area contributed by atoms with E-state index in [4.69, 9.17) is 4.74 Å². The van der Waals surface area contributed by atoms with Gasteiger partial charge >= 0.3 is 0 Å². The molecule has 3 atom stereocenters. The number of rotatable bonds is 5. The summed E-state index contributed by atoms with van der Waals surface area (Å²) >= 11 is 0. The number of β-amino-alcohol motifs (C(OH)–C–C–N with tert-alkyl or cyclic N) is 2. The third-order valence-electron chi connectivity index (χ3n) is 5.20. The summed E-state index contributed by atoms with van der Waals surface area (Å²) in [7, 11) is 0. The van der Waals surface area contributed by atoms with Crippen molar-refractivity contribution in [1.29, 1.82) is 0 Å². The number of benzene rings is 1. The van der Waals surface area contributed by atoms with E-state index in [0.29, 0.717) is 18.0 Å². The molecule has 2 N–H and O–H groups in total. The number of pyridine rings is 1. The number of nitrogens with zero attached hydrogens (tertiary/aromatic N) is 4. The Kier molecular flexibility index (Phi) is 5.21. The van der Waals surface area contributed by atoms with Gasteiger partial charge in [0.2, 0.25) is 5.82 Å². The Morgan fingerprint density at radius 2 is 1.93 bits per heavy atom. The number of aliphatic hydroxyl groups excluding tert-OH is 2. The Hall–Kier alpha value is -2.97. The van der Waals surface area contributed by atoms with Crippen molar-refractivity contribution in [2.75, 3.05) is 19.7 Å². The summed E-state index contributed by atoms with van der Waals surface area (Å²) in [6, 6.07) is 12.0. The van der Waals surface area contributed by atoms with E-state index in [1.165, 1.54) is 15.0 Å². The first-order valence-electron chi connectivity index (χ1n) is 9.62. The molecule has 0 unspecified atom stereocenters. The van der Waals surface area contributed by atoms with Gasteiger partial charge in [-0.1, -0.05) is 37.3 Å². The summed E-state index contributed by atoms with van der Waals surface area (Å²) in [4.78, 5) is 18.3. The maximum absolute atomic E-state index is 12.6. The molecule has 0 saturated carbocycles. The molecule has 1 amide bonds. The molecule has 4 rings (SSSR count). The van der Waals surface area contributed by atoms with Crippen LogP contribution in [0.4, 0.5) is 0 Å². The second kappa shape index (κ2) is 7.81. The standard InChI is InChI=1S/C21H24N4O4/c1-13-8-16(29-12-14(2)15-6-4-3-5-7-15)9-25-20(13)22-19(23-25)21(28)24-10-17(26)18(27)11-24/h3-9,14,17-18,26-27H,10-12H2,1-2H3/t14-,17-,18+/m0/s1. The van der Waals surface area contributed by atoms with Gasteiger partial charge in [0, 0.05) is 19.0 Å². The summed E-state index contributed by atoms with van der Waals surface area (Å²) in [6.07, 6.45) is -0.175. The molecule has 1 aliphatic heterocycles. The van der Waals surface area contributed by atoms with E-state index in [2.05, 4.69) is 29.1 Å². The fourth-order valence-electron chi connectivity index (χ4n) is 3.46. The fraction of sp³-hybridized carbons (Fsp3) is 0.381. The first kappa shape index (κ1) is 19.4. The number of carbonyl (C=O) groups excluding carboxylic acids is 1. The van der Waals surface area contributed by atoms with Crippen LogP contribution in [0.5, 0.6) is 5.75 Å². The number of aryl methyl sites for hydroxylation is 1. The van der Waals surface area contributed by atoms with Crippen LogP contribution in [-0.2, 0) is 0 Å². The second-order valence-corrected chi connectivity index (χ2v) is 7.53. The molecule has 8 heteroatoms. The predicted molar refractivity (Wildman–Crippen MR) is 106 cm³/mol. The zero-order chi connectivity index (χ0) is 20.5. The van der Waals surface area contributed by atoms with Crippen molar-refractivity contribution in [3.05, 3.63) is 59.5 Å². The normalized spacial score (nSPS) is 20.2. The molecule has 0 aliphatic carbocycles. The number of amides is 1. The Balaban J connectivity index is 1.50. The highest BCUT2D eigenvalue weighted by Crippen LogP contribution is 2.21. The van der Waals surface area contributed by atoms with Crippen molar-refractivity contribution in [2.45, 2.75) is 32.0 Å². The molecule has 0 radical (unpaired) electrons. The molecule has 0 spiro atoms. The topological polar surface area (TPSA) is 100 Å². The molecule has 152 valence electrons. The van der Waals surface area contributed by atoms with Gasteiger partial charge in [0.05, 0.1) is 25.0 Å². The van der Waals surface area contributed by atoms with Crippen molar-refractivity contribution in [3.8, 4) is 5.75 Å². The van der Waals surface area contributed by atoms with E-state index >= 15 is 0 Å². The molecule has 1 aromatic carbocycles. The highest BCUT2D eigenvalue weighted by Gasteiger charge is 2.34. The van der Waals surface area contributed by atoms with Crippen molar-refractivity contribution in [2.24, 2.45) is 0 Å². The van der Waals surface area contributed by atoms with Crippen molar-refractivity contribution >= 4 is 11.6 Å². The van der Waals surface area contributed by atoms with Crippen molar-refractivity contribution in [1.82, 2.24) is 19.5 Å². The molecule has 0 bridgehead atoms. The summed E-state index contributed by atoms with van der Waals surface area (Å²) in [5.41, 5.74) is 2.61. The van der Waals surface area contributed by atoms with Gasteiger partial charge in [-0.15, -0.1) is 5.10 Å². The lowest BCUT2D eigenvalue weighted by Crippen LogP contribution is -2.30. The van der Waals surface area contributed by atoms with Crippen LogP contribution in [0.15, 0.2) is 42.6 Å². The average Bonchev–Trinajstić information content (AvgIpc) is 3.30. The van der Waals surface area contributed by atoms with Gasteiger partial charge in [0.25, 0.3) is 5.91 Å². The number of ether oxygens (including phenoxy) is 1. The summed E-state index contributed by atoms with van der Waals surface area (Å²) in [5.74, 6) is 0.495. The van der Waals surface area contributed by atoms with Gasteiger partial charge in [-0.25, -0.2) is 9.50 Å². The van der Waals surface area contributed by atoms with E-state index in [-0.39, 0.29) is 24.8 Å². The van der Waals surface area contributed by atoms with Crippen LogP contribution < -0.4 is 4.74 Å². The fourth-order valence-corrected chi connectivity index (χ4v) is 3.46. The Bertz CT molecular complexity index is 1010. The SMILES string of the molecule is Cc1cc(OC[C@H](C)c2ccccc2)cn2nc(C(=O)N3C[C@@H](O)[C@@H](O)C3)nc12. The average molecular weight is 396 g/mol. The summed E-state index contributed by atoms with van der Waals surface area (Å²) in [5, 5.41) is 23.6. The molecule has 29 heavy (non-hydrogen) atoms. The molecular formula is C21H24N4O4. The van der Waals surface area contributed by atoms with Crippen LogP contribution in [0, 0.1) is 6.92 Å². The molecule has 3 heterocycles. The lowest BCUT2D eigenvalue weighted by atomic mass is 10.0. The van der Waals surface area contributed by atoms with Crippen LogP contribution in [0.2, 0.25) is 0 Å².